The third-order valence-corrected chi connectivity index (χ3v) is 2.14. The average molecular weight is 225 g/mol. The van der Waals surface area contributed by atoms with Crippen LogP contribution in [-0.2, 0) is 34.3 Å². The molecule has 0 bridgehead atoms. The number of amides is 1. The topological polar surface area (TPSA) is 73.2 Å². The lowest BCUT2D eigenvalue weighted by Gasteiger charge is -2.02. The van der Waals surface area contributed by atoms with Gasteiger partial charge in [0.25, 0.3) is 0 Å². The number of nitrogens with zero attached hydrogens (tertiary/aromatic N) is 2. The molecule has 1 aromatic heterocycles. The molecule has 16 heavy (non-hydrogen) atoms. The fraction of sp³-hybridized carbons (Fsp3) is 0.500. The van der Waals surface area contributed by atoms with Gasteiger partial charge in [0.05, 0.1) is 12.8 Å². The summed E-state index contributed by atoms with van der Waals surface area (Å²) in [6, 6.07) is 0. The number of methoxy groups -OCH3 is 1. The summed E-state index contributed by atoms with van der Waals surface area (Å²) in [5.41, 5.74) is 1.81. The molecule has 0 aromatic carbocycles. The Morgan fingerprint density at radius 1 is 1.56 bits per heavy atom. The Labute approximate surface area is 93.6 Å². The minimum absolute atomic E-state index is 0.283. The molecule has 0 saturated heterocycles. The molecule has 1 heterocycles. The minimum Gasteiger partial charge on any atom is -0.462 e. The van der Waals surface area contributed by atoms with Gasteiger partial charge in [-0.05, 0) is 6.42 Å². The van der Waals surface area contributed by atoms with Crippen molar-refractivity contribution in [1.82, 2.24) is 15.1 Å². The first-order chi connectivity index (χ1) is 7.58. The highest BCUT2D eigenvalue weighted by atomic mass is 16.5. The Bertz CT molecular complexity index is 398. The third kappa shape index (κ3) is 2.82. The van der Waals surface area contributed by atoms with Crippen LogP contribution in [0.2, 0.25) is 0 Å². The zero-order chi connectivity index (χ0) is 12.1. The van der Waals surface area contributed by atoms with E-state index in [1.165, 1.54) is 7.11 Å². The summed E-state index contributed by atoms with van der Waals surface area (Å²) < 4.78 is 5.97. The second-order valence-corrected chi connectivity index (χ2v) is 3.30. The highest BCUT2D eigenvalue weighted by Gasteiger charge is 2.14. The Kier molecular flexibility index (Phi) is 4.04. The Balaban J connectivity index is 2.60. The van der Waals surface area contributed by atoms with Gasteiger partial charge < -0.3 is 10.1 Å². The number of rotatable bonds is 3. The van der Waals surface area contributed by atoms with Gasteiger partial charge in [-0.2, -0.15) is 5.10 Å². The van der Waals surface area contributed by atoms with E-state index in [9.17, 15) is 9.59 Å². The van der Waals surface area contributed by atoms with E-state index in [1.54, 1.807) is 4.68 Å². The van der Waals surface area contributed by atoms with Gasteiger partial charge in [0.2, 0.25) is 0 Å². The van der Waals surface area contributed by atoms with Crippen LogP contribution >= 0.6 is 0 Å². The monoisotopic (exact) mass is 225 g/mol. The van der Waals surface area contributed by atoms with Crippen LogP contribution < -0.4 is 5.32 Å². The van der Waals surface area contributed by atoms with E-state index in [-0.39, 0.29) is 6.54 Å². The maximum Gasteiger partial charge on any atom is 0.396 e. The highest BCUT2D eigenvalue weighted by molar-refractivity contribution is 6.32. The largest absolute Gasteiger partial charge is 0.462 e. The molecule has 0 aliphatic rings. The number of hydrogen-bond acceptors (Lipinski definition) is 4. The van der Waals surface area contributed by atoms with E-state index in [1.807, 2.05) is 20.2 Å². The number of aryl methyl sites for hydroxylation is 2. The van der Waals surface area contributed by atoms with Crippen molar-refractivity contribution in [3.8, 4) is 0 Å². The maximum atomic E-state index is 11.1. The van der Waals surface area contributed by atoms with Crippen molar-refractivity contribution in [2.75, 3.05) is 7.11 Å². The summed E-state index contributed by atoms with van der Waals surface area (Å²) in [6.45, 7) is 2.26. The zero-order valence-electron chi connectivity index (χ0n) is 9.61. The Hall–Kier alpha value is -1.85. The van der Waals surface area contributed by atoms with Crippen molar-refractivity contribution in [1.29, 1.82) is 0 Å². The van der Waals surface area contributed by atoms with Gasteiger partial charge >= 0.3 is 11.9 Å². The van der Waals surface area contributed by atoms with E-state index in [0.29, 0.717) is 0 Å². The first-order valence-corrected chi connectivity index (χ1v) is 4.96. The molecule has 0 unspecified atom stereocenters. The van der Waals surface area contributed by atoms with E-state index in [2.05, 4.69) is 15.2 Å². The standard InChI is InChI=1S/C10H15N3O3/c1-4-8-7(6-13(2)12-8)5-11-9(14)10(15)16-3/h6H,4-5H2,1-3H3,(H,11,14). The number of ether oxygens (including phenoxy) is 1. The fourth-order valence-corrected chi connectivity index (χ4v) is 1.37. The molecule has 0 saturated carbocycles. The number of aromatic nitrogens is 2. The Morgan fingerprint density at radius 3 is 2.81 bits per heavy atom. The molecule has 6 nitrogen and oxygen atoms in total. The predicted octanol–water partition coefficient (Wildman–Crippen LogP) is -0.228. The second kappa shape index (κ2) is 5.29. The van der Waals surface area contributed by atoms with Gasteiger partial charge in [0.15, 0.2) is 0 Å². The third-order valence-electron chi connectivity index (χ3n) is 2.14. The quantitative estimate of drug-likeness (QED) is 0.569. The van der Waals surface area contributed by atoms with E-state index >= 15 is 0 Å². The van der Waals surface area contributed by atoms with Crippen LogP contribution in [0.3, 0.4) is 0 Å². The van der Waals surface area contributed by atoms with Gasteiger partial charge in [-0.3, -0.25) is 9.48 Å². The van der Waals surface area contributed by atoms with Crippen LogP contribution in [0.5, 0.6) is 0 Å². The van der Waals surface area contributed by atoms with Gasteiger partial charge in [-0.15, -0.1) is 0 Å². The predicted molar refractivity (Wildman–Crippen MR) is 56.4 cm³/mol. The van der Waals surface area contributed by atoms with Crippen molar-refractivity contribution in [2.24, 2.45) is 7.05 Å². The average Bonchev–Trinajstić information content (AvgIpc) is 2.65. The molecular formula is C10H15N3O3. The molecule has 6 heteroatoms. The van der Waals surface area contributed by atoms with Crippen molar-refractivity contribution in [3.05, 3.63) is 17.5 Å². The molecule has 0 atom stereocenters. The van der Waals surface area contributed by atoms with E-state index in [0.717, 1.165) is 17.7 Å². The molecule has 0 aliphatic heterocycles. The van der Waals surface area contributed by atoms with Crippen molar-refractivity contribution >= 4 is 11.9 Å². The van der Waals surface area contributed by atoms with Crippen LogP contribution in [0.25, 0.3) is 0 Å². The molecule has 0 radical (unpaired) electrons. The summed E-state index contributed by atoms with van der Waals surface area (Å²) in [7, 11) is 2.98. The smallest absolute Gasteiger partial charge is 0.396 e. The first-order valence-electron chi connectivity index (χ1n) is 4.96. The molecule has 1 rings (SSSR count). The van der Waals surface area contributed by atoms with Crippen molar-refractivity contribution in [3.63, 3.8) is 0 Å². The number of esters is 1. The van der Waals surface area contributed by atoms with Gasteiger partial charge in [-0.25, -0.2) is 4.79 Å². The lowest BCUT2D eigenvalue weighted by Crippen LogP contribution is -2.31. The number of carbonyl (C=O) groups is 2. The first kappa shape index (κ1) is 12.2. The second-order valence-electron chi connectivity index (χ2n) is 3.30. The van der Waals surface area contributed by atoms with Crippen LogP contribution in [0, 0.1) is 0 Å². The molecule has 1 N–H and O–H groups in total. The summed E-state index contributed by atoms with van der Waals surface area (Å²) in [4.78, 5) is 22.0. The van der Waals surface area contributed by atoms with Crippen molar-refractivity contribution in [2.45, 2.75) is 19.9 Å². The normalized spacial score (nSPS) is 9.94. The fourth-order valence-electron chi connectivity index (χ4n) is 1.37. The van der Waals surface area contributed by atoms with Gasteiger partial charge in [0, 0.05) is 25.4 Å². The van der Waals surface area contributed by atoms with Crippen molar-refractivity contribution < 1.29 is 14.3 Å². The molecule has 1 aromatic rings. The van der Waals surface area contributed by atoms with Crippen LogP contribution in [0.1, 0.15) is 18.2 Å². The summed E-state index contributed by atoms with van der Waals surface area (Å²) in [5, 5.41) is 6.69. The SMILES string of the molecule is CCc1nn(C)cc1CNC(=O)C(=O)OC. The van der Waals surface area contributed by atoms with Crippen LogP contribution in [0.4, 0.5) is 0 Å². The van der Waals surface area contributed by atoms with E-state index < -0.39 is 11.9 Å². The Morgan fingerprint density at radius 2 is 2.25 bits per heavy atom. The molecule has 0 fully saturated rings. The summed E-state index contributed by atoms with van der Waals surface area (Å²) in [5.74, 6) is -1.63. The highest BCUT2D eigenvalue weighted by Crippen LogP contribution is 2.06. The zero-order valence-corrected chi connectivity index (χ0v) is 9.61. The van der Waals surface area contributed by atoms with E-state index in [4.69, 9.17) is 0 Å². The molecule has 0 spiro atoms. The maximum absolute atomic E-state index is 11.1. The molecule has 1 amide bonds. The molecule has 88 valence electrons. The number of hydrogen-bond donors (Lipinski definition) is 1. The van der Waals surface area contributed by atoms with Crippen LogP contribution in [0.15, 0.2) is 6.20 Å². The van der Waals surface area contributed by atoms with Gasteiger partial charge in [-0.1, -0.05) is 6.92 Å². The molecular weight excluding hydrogens is 210 g/mol. The lowest BCUT2D eigenvalue weighted by molar-refractivity contribution is -0.152. The minimum atomic E-state index is -0.887. The van der Waals surface area contributed by atoms with Gasteiger partial charge in [0.1, 0.15) is 0 Å². The van der Waals surface area contributed by atoms with Crippen LogP contribution in [-0.4, -0.2) is 28.8 Å². The number of nitrogens with one attached hydrogen (secondary N) is 1. The summed E-state index contributed by atoms with van der Waals surface area (Å²) >= 11 is 0. The number of carbonyl (C=O) groups excluding carboxylic acids is 2. The molecule has 0 aliphatic carbocycles. The summed E-state index contributed by atoms with van der Waals surface area (Å²) in [6.07, 6.45) is 2.60. The lowest BCUT2D eigenvalue weighted by atomic mass is 10.2.